The molecule has 4 atom stereocenters. The van der Waals surface area contributed by atoms with Crippen LogP contribution in [0.5, 0.6) is 0 Å². The third-order valence-corrected chi connectivity index (χ3v) is 7.19. The Bertz CT molecular complexity index is 451. The average Bonchev–Trinajstić information content (AvgIpc) is 3.24. The van der Waals surface area contributed by atoms with Gasteiger partial charge >= 0.3 is 0 Å². The Balaban J connectivity index is 1.69. The van der Waals surface area contributed by atoms with Crippen molar-refractivity contribution in [3.8, 4) is 6.07 Å². The summed E-state index contributed by atoms with van der Waals surface area (Å²) in [7, 11) is 0. The zero-order valence-corrected chi connectivity index (χ0v) is 14.0. The molecule has 4 unspecified atom stereocenters. The Morgan fingerprint density at radius 1 is 1.29 bits per heavy atom. The summed E-state index contributed by atoms with van der Waals surface area (Å²) >= 11 is 0. The molecule has 0 aliphatic heterocycles. The molecule has 3 aliphatic rings. The highest BCUT2D eigenvalue weighted by atomic mass is 16.5. The number of ether oxygens (including phenoxy) is 1. The fourth-order valence-electron chi connectivity index (χ4n) is 4.98. The minimum atomic E-state index is -0.447. The summed E-state index contributed by atoms with van der Waals surface area (Å²) in [5.74, 6) is 1.28. The van der Waals surface area contributed by atoms with E-state index < -0.39 is 5.54 Å². The van der Waals surface area contributed by atoms with E-state index in [-0.39, 0.29) is 5.41 Å². The van der Waals surface area contributed by atoms with Crippen molar-refractivity contribution in [3.63, 3.8) is 0 Å². The molecule has 1 N–H and O–H groups in total. The van der Waals surface area contributed by atoms with Crippen LogP contribution in [0.25, 0.3) is 0 Å². The van der Waals surface area contributed by atoms with Crippen molar-refractivity contribution in [1.82, 2.24) is 5.32 Å². The van der Waals surface area contributed by atoms with Gasteiger partial charge in [0.05, 0.1) is 18.8 Å². The molecule has 3 fully saturated rings. The smallest absolute Gasteiger partial charge is 0.133 e. The van der Waals surface area contributed by atoms with E-state index in [0.717, 1.165) is 12.5 Å². The van der Waals surface area contributed by atoms with Gasteiger partial charge in [0.25, 0.3) is 0 Å². The number of rotatable bonds is 6. The normalized spacial score (nSPS) is 40.0. The Kier molecular flexibility index (Phi) is 3.62. The largest absolute Gasteiger partial charge is 0.375 e. The Morgan fingerprint density at radius 2 is 2.00 bits per heavy atom. The molecule has 0 amide bonds. The van der Waals surface area contributed by atoms with Crippen LogP contribution >= 0.6 is 0 Å². The topological polar surface area (TPSA) is 45.0 Å². The first kappa shape index (κ1) is 15.3. The quantitative estimate of drug-likeness (QED) is 0.814. The Hall–Kier alpha value is -0.590. The summed E-state index contributed by atoms with van der Waals surface area (Å²) in [6.07, 6.45) is 6.47. The zero-order chi connectivity index (χ0) is 15.3. The van der Waals surface area contributed by atoms with Gasteiger partial charge in [-0.2, -0.15) is 5.26 Å². The first-order valence-corrected chi connectivity index (χ1v) is 8.67. The zero-order valence-electron chi connectivity index (χ0n) is 14.0. The lowest BCUT2D eigenvalue weighted by molar-refractivity contribution is -0.0633. The van der Waals surface area contributed by atoms with Crippen molar-refractivity contribution < 1.29 is 4.74 Å². The minimum absolute atomic E-state index is 0.286. The van der Waals surface area contributed by atoms with Crippen molar-refractivity contribution >= 4 is 0 Å². The first-order chi connectivity index (χ1) is 9.89. The highest BCUT2D eigenvalue weighted by Gasteiger charge is 2.62. The number of nitrogens with zero attached hydrogens (tertiary/aromatic N) is 1. The standard InChI is InChI=1S/C18H30N2O/c1-5-20-18(11-19,13-6-7-13)12-21-15-10-14-8-9-17(15,4)16(14,2)3/h13-15,20H,5-10,12H2,1-4H3. The van der Waals surface area contributed by atoms with Gasteiger partial charge in [0.1, 0.15) is 5.54 Å². The third-order valence-electron chi connectivity index (χ3n) is 7.19. The monoisotopic (exact) mass is 290 g/mol. The van der Waals surface area contributed by atoms with Crippen molar-refractivity contribution in [1.29, 1.82) is 5.26 Å². The highest BCUT2D eigenvalue weighted by Crippen LogP contribution is 2.66. The number of hydrogen-bond acceptors (Lipinski definition) is 3. The molecule has 0 heterocycles. The maximum atomic E-state index is 9.70. The van der Waals surface area contributed by atoms with Crippen molar-refractivity contribution in [2.45, 2.75) is 71.4 Å². The van der Waals surface area contributed by atoms with E-state index in [0.29, 0.717) is 24.0 Å². The minimum Gasteiger partial charge on any atom is -0.375 e. The lowest BCUT2D eigenvalue weighted by Crippen LogP contribution is -2.51. The molecule has 3 saturated carbocycles. The predicted octanol–water partition coefficient (Wildman–Crippen LogP) is 3.50. The van der Waals surface area contributed by atoms with Gasteiger partial charge < -0.3 is 4.74 Å². The second-order valence-corrected chi connectivity index (χ2v) is 8.30. The molecule has 3 heteroatoms. The van der Waals surface area contributed by atoms with Gasteiger partial charge in [-0.25, -0.2) is 0 Å². The summed E-state index contributed by atoms with van der Waals surface area (Å²) in [5, 5.41) is 13.1. The SMILES string of the molecule is CCNC(C#N)(COC1CC2CCC1(C)C2(C)C)C1CC1. The van der Waals surface area contributed by atoms with Crippen LogP contribution in [-0.2, 0) is 4.74 Å². The van der Waals surface area contributed by atoms with Crippen molar-refractivity contribution in [2.24, 2.45) is 22.7 Å². The molecule has 0 radical (unpaired) electrons. The molecular weight excluding hydrogens is 260 g/mol. The number of fused-ring (bicyclic) bond motifs is 2. The van der Waals surface area contributed by atoms with Gasteiger partial charge in [-0.15, -0.1) is 0 Å². The van der Waals surface area contributed by atoms with Gasteiger partial charge in [-0.3, -0.25) is 5.32 Å². The van der Waals surface area contributed by atoms with Crippen LogP contribution < -0.4 is 5.32 Å². The molecule has 3 rings (SSSR count). The molecule has 2 bridgehead atoms. The lowest BCUT2D eigenvalue weighted by atomic mass is 9.70. The molecule has 0 spiro atoms. The van der Waals surface area contributed by atoms with Crippen LogP contribution in [0.2, 0.25) is 0 Å². The third kappa shape index (κ3) is 2.14. The molecular formula is C18H30N2O. The maximum absolute atomic E-state index is 9.70. The summed E-state index contributed by atoms with van der Waals surface area (Å²) < 4.78 is 6.40. The van der Waals surface area contributed by atoms with Gasteiger partial charge in [-0.1, -0.05) is 27.7 Å². The predicted molar refractivity (Wildman–Crippen MR) is 83.7 cm³/mol. The summed E-state index contributed by atoms with van der Waals surface area (Å²) in [6, 6.07) is 2.54. The van der Waals surface area contributed by atoms with Crippen molar-refractivity contribution in [2.75, 3.05) is 13.2 Å². The van der Waals surface area contributed by atoms with Gasteiger partial charge in [-0.05, 0) is 61.3 Å². The fraction of sp³-hybridized carbons (Fsp3) is 0.944. The van der Waals surface area contributed by atoms with E-state index in [4.69, 9.17) is 4.74 Å². The van der Waals surface area contributed by atoms with E-state index in [2.05, 4.69) is 39.1 Å². The second-order valence-electron chi connectivity index (χ2n) is 8.30. The van der Waals surface area contributed by atoms with Gasteiger partial charge in [0.15, 0.2) is 0 Å². The van der Waals surface area contributed by atoms with Gasteiger partial charge in [0.2, 0.25) is 0 Å². The van der Waals surface area contributed by atoms with E-state index in [1.807, 2.05) is 0 Å². The maximum Gasteiger partial charge on any atom is 0.133 e. The van der Waals surface area contributed by atoms with E-state index >= 15 is 0 Å². The van der Waals surface area contributed by atoms with Crippen LogP contribution in [-0.4, -0.2) is 24.8 Å². The van der Waals surface area contributed by atoms with Gasteiger partial charge in [0, 0.05) is 0 Å². The lowest BCUT2D eigenvalue weighted by Gasteiger charge is -2.40. The molecule has 3 nitrogen and oxygen atoms in total. The second kappa shape index (κ2) is 4.96. The van der Waals surface area contributed by atoms with E-state index in [1.165, 1.54) is 32.1 Å². The molecule has 0 aromatic carbocycles. The van der Waals surface area contributed by atoms with Crippen molar-refractivity contribution in [3.05, 3.63) is 0 Å². The average molecular weight is 290 g/mol. The Labute approximate surface area is 129 Å². The number of likely N-dealkylation sites (N-methyl/N-ethyl adjacent to an activating group) is 1. The first-order valence-electron chi connectivity index (χ1n) is 8.67. The molecule has 118 valence electrons. The number of hydrogen-bond donors (Lipinski definition) is 1. The van der Waals surface area contributed by atoms with E-state index in [1.54, 1.807) is 0 Å². The number of nitriles is 1. The van der Waals surface area contributed by atoms with Crippen LogP contribution in [0.4, 0.5) is 0 Å². The highest BCUT2D eigenvalue weighted by molar-refractivity contribution is 5.16. The number of nitrogens with one attached hydrogen (secondary N) is 1. The van der Waals surface area contributed by atoms with Crippen LogP contribution in [0.3, 0.4) is 0 Å². The summed E-state index contributed by atoms with van der Waals surface area (Å²) in [5.41, 5.74) is 0.219. The Morgan fingerprint density at radius 3 is 2.43 bits per heavy atom. The molecule has 0 aromatic rings. The fourth-order valence-corrected chi connectivity index (χ4v) is 4.98. The molecule has 21 heavy (non-hydrogen) atoms. The van der Waals surface area contributed by atoms with Crippen LogP contribution in [0, 0.1) is 34.0 Å². The molecule has 3 aliphatic carbocycles. The van der Waals surface area contributed by atoms with Crippen LogP contribution in [0.15, 0.2) is 0 Å². The van der Waals surface area contributed by atoms with Crippen LogP contribution in [0.1, 0.15) is 59.8 Å². The van der Waals surface area contributed by atoms with E-state index in [9.17, 15) is 5.26 Å². The molecule has 0 saturated heterocycles. The summed E-state index contributed by atoms with van der Waals surface area (Å²) in [6.45, 7) is 10.7. The summed E-state index contributed by atoms with van der Waals surface area (Å²) in [4.78, 5) is 0. The molecule has 0 aromatic heterocycles.